The van der Waals surface area contributed by atoms with Gasteiger partial charge in [0.1, 0.15) is 5.75 Å². The van der Waals surface area contributed by atoms with Crippen LogP contribution in [-0.2, 0) is 13.1 Å². The number of pyridine rings is 1. The Labute approximate surface area is 168 Å². The number of nitrogens with zero attached hydrogens (tertiary/aromatic N) is 3. The van der Waals surface area contributed by atoms with Crippen molar-refractivity contribution in [1.29, 1.82) is 0 Å². The van der Waals surface area contributed by atoms with Crippen molar-refractivity contribution in [2.24, 2.45) is 5.41 Å². The Morgan fingerprint density at radius 3 is 2.64 bits per heavy atom. The number of methoxy groups -OCH3 is 2. The van der Waals surface area contributed by atoms with Gasteiger partial charge in [0.05, 0.1) is 14.2 Å². The second-order valence-corrected chi connectivity index (χ2v) is 8.30. The molecular formula is C23H31N3O2. The third-order valence-electron chi connectivity index (χ3n) is 6.24. The molecule has 2 aliphatic heterocycles. The lowest BCUT2D eigenvalue weighted by atomic mass is 9.79. The van der Waals surface area contributed by atoms with Crippen LogP contribution >= 0.6 is 0 Å². The van der Waals surface area contributed by atoms with Gasteiger partial charge < -0.3 is 9.47 Å². The Morgan fingerprint density at radius 1 is 0.964 bits per heavy atom. The lowest BCUT2D eigenvalue weighted by molar-refractivity contribution is 0.0864. The molecule has 1 aromatic carbocycles. The van der Waals surface area contributed by atoms with Crippen LogP contribution in [0, 0.1) is 5.41 Å². The van der Waals surface area contributed by atoms with Crippen molar-refractivity contribution in [2.45, 2.75) is 32.4 Å². The maximum Gasteiger partial charge on any atom is 0.217 e. The maximum absolute atomic E-state index is 5.44. The van der Waals surface area contributed by atoms with E-state index in [9.17, 15) is 0 Å². The van der Waals surface area contributed by atoms with E-state index in [2.05, 4.69) is 39.0 Å². The molecule has 1 atom stereocenters. The van der Waals surface area contributed by atoms with Gasteiger partial charge in [0.25, 0.3) is 0 Å². The van der Waals surface area contributed by atoms with E-state index in [0.29, 0.717) is 5.41 Å². The van der Waals surface area contributed by atoms with Crippen LogP contribution in [0.4, 0.5) is 0 Å². The van der Waals surface area contributed by atoms with Gasteiger partial charge in [-0.3, -0.25) is 9.80 Å². The summed E-state index contributed by atoms with van der Waals surface area (Å²) in [5.41, 5.74) is 2.95. The number of benzene rings is 1. The second-order valence-electron chi connectivity index (χ2n) is 8.30. The van der Waals surface area contributed by atoms with Crippen molar-refractivity contribution in [3.63, 3.8) is 0 Å². The fraction of sp³-hybridized carbons (Fsp3) is 0.522. The number of hydrogen-bond donors (Lipinski definition) is 0. The molecule has 0 radical (unpaired) electrons. The third kappa shape index (κ3) is 4.31. The first-order chi connectivity index (χ1) is 13.7. The van der Waals surface area contributed by atoms with Crippen molar-refractivity contribution < 1.29 is 9.47 Å². The van der Waals surface area contributed by atoms with Crippen LogP contribution in [0.1, 0.15) is 30.4 Å². The molecule has 1 aromatic heterocycles. The van der Waals surface area contributed by atoms with Gasteiger partial charge in [-0.25, -0.2) is 4.98 Å². The zero-order chi connectivity index (χ0) is 19.4. The van der Waals surface area contributed by atoms with Gasteiger partial charge in [0, 0.05) is 37.9 Å². The summed E-state index contributed by atoms with van der Waals surface area (Å²) in [6, 6.07) is 12.6. The van der Waals surface area contributed by atoms with Gasteiger partial charge >= 0.3 is 0 Å². The van der Waals surface area contributed by atoms with Crippen LogP contribution in [0.2, 0.25) is 0 Å². The number of likely N-dealkylation sites (tertiary alicyclic amines) is 2. The summed E-state index contributed by atoms with van der Waals surface area (Å²) in [4.78, 5) is 9.56. The van der Waals surface area contributed by atoms with E-state index in [1.54, 1.807) is 20.4 Å². The first kappa shape index (κ1) is 19.2. The van der Waals surface area contributed by atoms with Crippen LogP contribution in [0.15, 0.2) is 42.6 Å². The molecule has 5 heteroatoms. The van der Waals surface area contributed by atoms with Crippen molar-refractivity contribution in [1.82, 2.24) is 14.8 Å². The van der Waals surface area contributed by atoms with Gasteiger partial charge in [0.15, 0.2) is 0 Å². The highest BCUT2D eigenvalue weighted by atomic mass is 16.5. The summed E-state index contributed by atoms with van der Waals surface area (Å²) in [6.45, 7) is 6.63. The number of aromatic nitrogens is 1. The van der Waals surface area contributed by atoms with E-state index in [-0.39, 0.29) is 0 Å². The first-order valence-corrected chi connectivity index (χ1v) is 10.3. The summed E-state index contributed by atoms with van der Waals surface area (Å²) < 4.78 is 10.8. The van der Waals surface area contributed by atoms with Crippen molar-refractivity contribution in [3.8, 4) is 11.6 Å². The Balaban J connectivity index is 1.38. The monoisotopic (exact) mass is 381 g/mol. The SMILES string of the molecule is COc1cccc(CN2CCC[C@]3(CCN(Cc4cccnc4OC)C3)C2)c1. The van der Waals surface area contributed by atoms with Crippen LogP contribution in [0.3, 0.4) is 0 Å². The summed E-state index contributed by atoms with van der Waals surface area (Å²) in [6.07, 6.45) is 5.70. The summed E-state index contributed by atoms with van der Waals surface area (Å²) in [5.74, 6) is 1.70. The molecular weight excluding hydrogens is 350 g/mol. The minimum absolute atomic E-state index is 0.423. The van der Waals surface area contributed by atoms with E-state index in [4.69, 9.17) is 9.47 Å². The Morgan fingerprint density at radius 2 is 1.82 bits per heavy atom. The molecule has 0 aliphatic carbocycles. The average Bonchev–Trinajstić information content (AvgIpc) is 3.10. The van der Waals surface area contributed by atoms with E-state index in [1.807, 2.05) is 12.1 Å². The van der Waals surface area contributed by atoms with E-state index in [0.717, 1.165) is 31.3 Å². The zero-order valence-electron chi connectivity index (χ0n) is 17.1. The molecule has 0 bridgehead atoms. The molecule has 0 saturated carbocycles. The average molecular weight is 382 g/mol. The van der Waals surface area contributed by atoms with Crippen LogP contribution < -0.4 is 9.47 Å². The quantitative estimate of drug-likeness (QED) is 0.765. The zero-order valence-corrected chi connectivity index (χ0v) is 17.1. The molecule has 3 heterocycles. The van der Waals surface area contributed by atoms with Crippen molar-refractivity contribution in [2.75, 3.05) is 40.4 Å². The number of hydrogen-bond acceptors (Lipinski definition) is 5. The second kappa shape index (κ2) is 8.50. The molecule has 28 heavy (non-hydrogen) atoms. The molecule has 1 spiro atoms. The van der Waals surface area contributed by atoms with Gasteiger partial charge in [-0.05, 0) is 61.5 Å². The smallest absolute Gasteiger partial charge is 0.217 e. The van der Waals surface area contributed by atoms with E-state index in [1.165, 1.54) is 50.0 Å². The fourth-order valence-corrected chi connectivity index (χ4v) is 4.94. The number of ether oxygens (including phenoxy) is 2. The van der Waals surface area contributed by atoms with Gasteiger partial charge in [-0.2, -0.15) is 0 Å². The van der Waals surface area contributed by atoms with Crippen LogP contribution in [0.5, 0.6) is 11.6 Å². The molecule has 4 rings (SSSR count). The highest BCUT2D eigenvalue weighted by Gasteiger charge is 2.41. The van der Waals surface area contributed by atoms with Gasteiger partial charge in [-0.1, -0.05) is 18.2 Å². The topological polar surface area (TPSA) is 37.8 Å². The van der Waals surface area contributed by atoms with E-state index < -0.39 is 0 Å². The summed E-state index contributed by atoms with van der Waals surface area (Å²) in [5, 5.41) is 0. The molecule has 0 unspecified atom stereocenters. The number of rotatable bonds is 6. The van der Waals surface area contributed by atoms with Crippen LogP contribution in [-0.4, -0.2) is 55.2 Å². The van der Waals surface area contributed by atoms with Gasteiger partial charge in [0.2, 0.25) is 5.88 Å². The molecule has 2 saturated heterocycles. The molecule has 0 amide bonds. The standard InChI is InChI=1S/C23H31N3O2/c1-27-21-8-3-6-19(14-21)15-25-12-5-9-23(17-25)10-13-26(18-23)16-20-7-4-11-24-22(20)28-2/h3-4,6-8,11,14H,5,9-10,12-13,15-18H2,1-2H3/t23-/m0/s1. The first-order valence-electron chi connectivity index (χ1n) is 10.3. The minimum Gasteiger partial charge on any atom is -0.497 e. The Bertz CT molecular complexity index is 797. The molecule has 0 N–H and O–H groups in total. The minimum atomic E-state index is 0.423. The largest absolute Gasteiger partial charge is 0.497 e. The third-order valence-corrected chi connectivity index (χ3v) is 6.24. The lowest BCUT2D eigenvalue weighted by Gasteiger charge is -2.40. The Hall–Kier alpha value is -2.11. The summed E-state index contributed by atoms with van der Waals surface area (Å²) in [7, 11) is 3.44. The summed E-state index contributed by atoms with van der Waals surface area (Å²) >= 11 is 0. The Kier molecular flexibility index (Phi) is 5.83. The fourth-order valence-electron chi connectivity index (χ4n) is 4.94. The van der Waals surface area contributed by atoms with E-state index >= 15 is 0 Å². The molecule has 5 nitrogen and oxygen atoms in total. The molecule has 2 aromatic rings. The van der Waals surface area contributed by atoms with Crippen molar-refractivity contribution in [3.05, 3.63) is 53.7 Å². The molecule has 2 fully saturated rings. The molecule has 2 aliphatic rings. The highest BCUT2D eigenvalue weighted by molar-refractivity contribution is 5.28. The normalized spacial score (nSPS) is 23.2. The predicted molar refractivity (Wildman–Crippen MR) is 111 cm³/mol. The van der Waals surface area contributed by atoms with Gasteiger partial charge in [-0.15, -0.1) is 0 Å². The predicted octanol–water partition coefficient (Wildman–Crippen LogP) is 3.59. The maximum atomic E-state index is 5.44. The van der Waals surface area contributed by atoms with Crippen LogP contribution in [0.25, 0.3) is 0 Å². The molecule has 150 valence electrons. The highest BCUT2D eigenvalue weighted by Crippen LogP contribution is 2.40. The lowest BCUT2D eigenvalue weighted by Crippen LogP contribution is -2.44. The number of piperidine rings is 1. The van der Waals surface area contributed by atoms with Crippen molar-refractivity contribution >= 4 is 0 Å².